The first kappa shape index (κ1) is 18.7. The van der Waals surface area contributed by atoms with Gasteiger partial charge in [-0.1, -0.05) is 24.3 Å². The van der Waals surface area contributed by atoms with Crippen molar-refractivity contribution in [2.45, 2.75) is 52.6 Å². The summed E-state index contributed by atoms with van der Waals surface area (Å²) in [4.78, 5) is 39.5. The summed E-state index contributed by atoms with van der Waals surface area (Å²) in [6.45, 7) is 7.47. The van der Waals surface area contributed by atoms with Crippen LogP contribution < -0.4 is 11.1 Å². The molecule has 0 radical (unpaired) electrons. The number of amides is 1. The van der Waals surface area contributed by atoms with E-state index < -0.39 is 11.1 Å². The highest BCUT2D eigenvalue weighted by atomic mass is 16.2. The number of hydrogen-bond acceptors (Lipinski definition) is 4. The lowest BCUT2D eigenvalue weighted by Crippen LogP contribution is -2.44. The summed E-state index contributed by atoms with van der Waals surface area (Å²) >= 11 is 0. The van der Waals surface area contributed by atoms with Gasteiger partial charge in [0.25, 0.3) is 0 Å². The molecule has 2 aromatic rings. The maximum Gasteiger partial charge on any atom is 0.332 e. The van der Waals surface area contributed by atoms with Crippen molar-refractivity contribution >= 4 is 5.91 Å². The van der Waals surface area contributed by atoms with Crippen LogP contribution in [0.2, 0.25) is 0 Å². The van der Waals surface area contributed by atoms with Gasteiger partial charge in [0.2, 0.25) is 5.91 Å². The van der Waals surface area contributed by atoms with Crippen molar-refractivity contribution in [1.29, 1.82) is 0 Å². The maximum atomic E-state index is 12.8. The van der Waals surface area contributed by atoms with Gasteiger partial charge >= 0.3 is 11.1 Å². The molecule has 0 saturated carbocycles. The number of fused-ring (bicyclic) bond motifs is 1. The minimum Gasteiger partial charge on any atom is -0.342 e. The van der Waals surface area contributed by atoms with Gasteiger partial charge in [-0.15, -0.1) is 0 Å². The maximum absolute atomic E-state index is 12.8. The average Bonchev–Trinajstić information content (AvgIpc) is 3.23. The first-order valence-electron chi connectivity index (χ1n) is 9.84. The van der Waals surface area contributed by atoms with Crippen LogP contribution in [0.5, 0.6) is 0 Å². The van der Waals surface area contributed by atoms with Gasteiger partial charge in [-0.3, -0.25) is 19.0 Å². The van der Waals surface area contributed by atoms with Gasteiger partial charge in [-0.25, -0.2) is 4.68 Å². The number of aryl methyl sites for hydroxylation is 1. The third-order valence-corrected chi connectivity index (χ3v) is 6.08. The van der Waals surface area contributed by atoms with E-state index in [1.807, 2.05) is 49.9 Å². The number of carbonyl (C=O) groups is 1. The number of likely N-dealkylation sites (tertiary alicyclic amines) is 1. The Morgan fingerprint density at radius 1 is 1.18 bits per heavy atom. The first-order valence-corrected chi connectivity index (χ1v) is 9.84. The average molecular weight is 382 g/mol. The molecule has 148 valence electrons. The van der Waals surface area contributed by atoms with Gasteiger partial charge in [-0.05, 0) is 38.3 Å². The van der Waals surface area contributed by atoms with E-state index >= 15 is 0 Å². The molecule has 7 nitrogen and oxygen atoms in total. The lowest BCUT2D eigenvalue weighted by Gasteiger charge is -2.23. The molecule has 1 amide bonds. The molecule has 1 atom stereocenters. The Morgan fingerprint density at radius 2 is 1.93 bits per heavy atom. The highest BCUT2D eigenvalue weighted by Gasteiger charge is 2.46. The molecule has 1 aromatic carbocycles. The molecule has 1 spiro atoms. The Hall–Kier alpha value is -2.70. The van der Waals surface area contributed by atoms with Crippen molar-refractivity contribution in [3.05, 3.63) is 61.9 Å². The van der Waals surface area contributed by atoms with Crippen LogP contribution in [-0.4, -0.2) is 38.2 Å². The van der Waals surface area contributed by atoms with Gasteiger partial charge in [0, 0.05) is 31.5 Å². The van der Waals surface area contributed by atoms with Crippen LogP contribution in [-0.2, 0) is 24.2 Å². The van der Waals surface area contributed by atoms with Crippen LogP contribution in [0, 0.1) is 12.3 Å². The zero-order valence-corrected chi connectivity index (χ0v) is 16.6. The standard InChI is InChI=1S/C21H26N4O3/c1-14(2)25-20(28)19(27)24-13-21(11-17(24)22-25)8-9-23(12-21)18(26)10-16-7-5-4-6-15(16)3/h4-7,14H,8-13H2,1-3H3/t21-/m1/s1. The summed E-state index contributed by atoms with van der Waals surface area (Å²) in [6, 6.07) is 7.79. The van der Waals surface area contributed by atoms with Crippen LogP contribution in [0.3, 0.4) is 0 Å². The molecule has 2 aliphatic heterocycles. The van der Waals surface area contributed by atoms with Crippen LogP contribution in [0.1, 0.15) is 43.3 Å². The van der Waals surface area contributed by atoms with Gasteiger partial charge in [0.05, 0.1) is 12.5 Å². The molecule has 0 bridgehead atoms. The predicted molar refractivity (Wildman–Crippen MR) is 105 cm³/mol. The van der Waals surface area contributed by atoms with Gasteiger partial charge in [-0.2, -0.15) is 5.10 Å². The zero-order valence-electron chi connectivity index (χ0n) is 16.6. The highest BCUT2D eigenvalue weighted by molar-refractivity contribution is 5.79. The molecule has 0 N–H and O–H groups in total. The molecule has 1 aromatic heterocycles. The summed E-state index contributed by atoms with van der Waals surface area (Å²) in [6.07, 6.45) is 1.85. The lowest BCUT2D eigenvalue weighted by atomic mass is 9.86. The summed E-state index contributed by atoms with van der Waals surface area (Å²) in [5, 5.41) is 4.45. The van der Waals surface area contributed by atoms with E-state index in [1.165, 1.54) is 9.25 Å². The molecule has 28 heavy (non-hydrogen) atoms. The number of rotatable bonds is 3. The van der Waals surface area contributed by atoms with E-state index in [9.17, 15) is 14.4 Å². The van der Waals surface area contributed by atoms with Crippen molar-refractivity contribution in [3.63, 3.8) is 0 Å². The van der Waals surface area contributed by atoms with Crippen molar-refractivity contribution in [1.82, 2.24) is 19.2 Å². The summed E-state index contributed by atoms with van der Waals surface area (Å²) < 4.78 is 2.81. The molecular weight excluding hydrogens is 356 g/mol. The minimum atomic E-state index is -0.568. The van der Waals surface area contributed by atoms with Crippen LogP contribution in [0.15, 0.2) is 33.9 Å². The first-order chi connectivity index (χ1) is 13.3. The van der Waals surface area contributed by atoms with Crippen LogP contribution >= 0.6 is 0 Å². The molecule has 4 rings (SSSR count). The number of nitrogens with zero attached hydrogens (tertiary/aromatic N) is 4. The summed E-state index contributed by atoms with van der Waals surface area (Å²) in [7, 11) is 0. The van der Waals surface area contributed by atoms with Crippen molar-refractivity contribution in [3.8, 4) is 0 Å². The summed E-state index contributed by atoms with van der Waals surface area (Å²) in [5.74, 6) is 0.774. The Balaban J connectivity index is 1.53. The second kappa shape index (κ2) is 6.72. The Kier molecular flexibility index (Phi) is 4.48. The number of hydrogen-bond donors (Lipinski definition) is 0. The van der Waals surface area contributed by atoms with Crippen LogP contribution in [0.25, 0.3) is 0 Å². The fourth-order valence-corrected chi connectivity index (χ4v) is 4.43. The van der Waals surface area contributed by atoms with Gasteiger partial charge < -0.3 is 4.90 Å². The number of benzene rings is 1. The highest BCUT2D eigenvalue weighted by Crippen LogP contribution is 2.39. The van der Waals surface area contributed by atoms with Gasteiger partial charge in [0.1, 0.15) is 5.82 Å². The molecule has 7 heteroatoms. The third kappa shape index (κ3) is 3.08. The quantitative estimate of drug-likeness (QED) is 0.750. The van der Waals surface area contributed by atoms with Gasteiger partial charge in [0.15, 0.2) is 0 Å². The van der Waals surface area contributed by atoms with E-state index in [0.29, 0.717) is 38.3 Å². The fraction of sp³-hybridized carbons (Fsp3) is 0.524. The monoisotopic (exact) mass is 382 g/mol. The lowest BCUT2D eigenvalue weighted by molar-refractivity contribution is -0.129. The molecule has 1 saturated heterocycles. The van der Waals surface area contributed by atoms with Crippen molar-refractivity contribution in [2.24, 2.45) is 5.41 Å². The smallest absolute Gasteiger partial charge is 0.332 e. The van der Waals surface area contributed by atoms with Crippen molar-refractivity contribution in [2.75, 3.05) is 13.1 Å². The molecule has 3 heterocycles. The second-order valence-corrected chi connectivity index (χ2v) is 8.50. The van der Waals surface area contributed by atoms with E-state index in [0.717, 1.165) is 17.5 Å². The third-order valence-electron chi connectivity index (χ3n) is 6.08. The second-order valence-electron chi connectivity index (χ2n) is 8.50. The zero-order chi connectivity index (χ0) is 20.1. The Labute approximate surface area is 163 Å². The van der Waals surface area contributed by atoms with E-state index in [1.54, 1.807) is 0 Å². The Bertz CT molecular complexity index is 1050. The molecule has 0 unspecified atom stereocenters. The number of carbonyl (C=O) groups excluding carboxylic acids is 1. The van der Waals surface area contributed by atoms with E-state index in [2.05, 4.69) is 5.10 Å². The van der Waals surface area contributed by atoms with Crippen molar-refractivity contribution < 1.29 is 4.79 Å². The fourth-order valence-electron chi connectivity index (χ4n) is 4.43. The predicted octanol–water partition coefficient (Wildman–Crippen LogP) is 1.31. The van der Waals surface area contributed by atoms with E-state index in [-0.39, 0.29) is 17.4 Å². The largest absolute Gasteiger partial charge is 0.342 e. The summed E-state index contributed by atoms with van der Waals surface area (Å²) in [5.41, 5.74) is 0.912. The normalized spacial score (nSPS) is 20.9. The Morgan fingerprint density at radius 3 is 2.64 bits per heavy atom. The number of aromatic nitrogens is 3. The molecule has 2 aliphatic rings. The SMILES string of the molecule is Cc1ccccc1CC(=O)N1CC[C@@]2(Cc3nn(C(C)C)c(=O)c(=O)n3C2)C1. The van der Waals surface area contributed by atoms with Crippen LogP contribution in [0.4, 0.5) is 0 Å². The molecule has 1 fully saturated rings. The molecule has 0 aliphatic carbocycles. The molecular formula is C21H26N4O3. The topological polar surface area (TPSA) is 77.2 Å². The minimum absolute atomic E-state index is 0.115. The van der Waals surface area contributed by atoms with E-state index in [4.69, 9.17) is 0 Å².